The summed E-state index contributed by atoms with van der Waals surface area (Å²) in [6, 6.07) is 5.25. The summed E-state index contributed by atoms with van der Waals surface area (Å²) >= 11 is 0. The lowest BCUT2D eigenvalue weighted by atomic mass is 9.98. The molecule has 1 aliphatic heterocycles. The second-order valence-corrected chi connectivity index (χ2v) is 4.52. The van der Waals surface area contributed by atoms with Gasteiger partial charge in [0.15, 0.2) is 0 Å². The number of aliphatic hydroxyl groups is 1. The highest BCUT2D eigenvalue weighted by Gasteiger charge is 2.37. The van der Waals surface area contributed by atoms with Crippen molar-refractivity contribution in [1.82, 2.24) is 9.55 Å². The second kappa shape index (κ2) is 4.09. The van der Waals surface area contributed by atoms with Crippen molar-refractivity contribution in [3.8, 4) is 11.4 Å². The number of alkyl halides is 3. The van der Waals surface area contributed by atoms with Gasteiger partial charge in [0.2, 0.25) is 0 Å². The van der Waals surface area contributed by atoms with E-state index in [9.17, 15) is 13.2 Å². The number of fused-ring (bicyclic) bond motifs is 3. The Balaban J connectivity index is 2.13. The Hall–Kier alpha value is -1.82. The van der Waals surface area contributed by atoms with Crippen LogP contribution in [0.4, 0.5) is 13.2 Å². The molecule has 6 heteroatoms. The number of hydrogen-bond donors (Lipinski definition) is 1. The van der Waals surface area contributed by atoms with Crippen LogP contribution in [0.5, 0.6) is 0 Å². The molecule has 1 aliphatic rings. The molecule has 0 saturated carbocycles. The number of nitrogens with zero attached hydrogens (tertiary/aromatic N) is 2. The van der Waals surface area contributed by atoms with Crippen LogP contribution in [-0.4, -0.2) is 14.7 Å². The fraction of sp³-hybridized carbons (Fsp3) is 0.308. The number of benzene rings is 1. The number of halogens is 3. The Labute approximate surface area is 107 Å². The summed E-state index contributed by atoms with van der Waals surface area (Å²) < 4.78 is 39.6. The molecule has 19 heavy (non-hydrogen) atoms. The van der Waals surface area contributed by atoms with E-state index in [1.165, 1.54) is 4.57 Å². The highest BCUT2D eigenvalue weighted by molar-refractivity contribution is 5.63. The number of aliphatic hydroxyl groups excluding tert-OH is 1. The van der Waals surface area contributed by atoms with Crippen LogP contribution in [0, 0.1) is 0 Å². The van der Waals surface area contributed by atoms with Crippen LogP contribution in [0.2, 0.25) is 0 Å². The van der Waals surface area contributed by atoms with Crippen LogP contribution in [0.25, 0.3) is 11.4 Å². The minimum Gasteiger partial charge on any atom is -0.392 e. The summed E-state index contributed by atoms with van der Waals surface area (Å²) in [6.07, 6.45) is -2.99. The SMILES string of the molecule is OCc1ccc2c(c1)CCn1c(C(F)(F)F)cnc1-2. The summed E-state index contributed by atoms with van der Waals surface area (Å²) in [4.78, 5) is 3.90. The molecule has 0 spiro atoms. The average Bonchev–Trinajstić information content (AvgIpc) is 2.81. The van der Waals surface area contributed by atoms with Crippen LogP contribution in [0.3, 0.4) is 0 Å². The molecular weight excluding hydrogens is 257 g/mol. The van der Waals surface area contributed by atoms with Gasteiger partial charge in [-0.3, -0.25) is 0 Å². The van der Waals surface area contributed by atoms with Crippen LogP contribution < -0.4 is 0 Å². The fourth-order valence-electron chi connectivity index (χ4n) is 2.45. The summed E-state index contributed by atoms with van der Waals surface area (Å²) in [7, 11) is 0. The largest absolute Gasteiger partial charge is 0.433 e. The van der Waals surface area contributed by atoms with Crippen molar-refractivity contribution in [2.24, 2.45) is 0 Å². The smallest absolute Gasteiger partial charge is 0.392 e. The maximum atomic E-state index is 12.8. The number of aromatic nitrogens is 2. The van der Waals surface area contributed by atoms with Gasteiger partial charge in [0, 0.05) is 12.1 Å². The molecule has 100 valence electrons. The molecule has 3 nitrogen and oxygen atoms in total. The zero-order valence-corrected chi connectivity index (χ0v) is 9.91. The van der Waals surface area contributed by atoms with Gasteiger partial charge in [0.05, 0.1) is 12.8 Å². The van der Waals surface area contributed by atoms with E-state index in [1.54, 1.807) is 12.1 Å². The van der Waals surface area contributed by atoms with Gasteiger partial charge in [-0.05, 0) is 17.5 Å². The molecule has 0 atom stereocenters. The lowest BCUT2D eigenvalue weighted by Crippen LogP contribution is -2.18. The molecule has 0 aliphatic carbocycles. The fourth-order valence-corrected chi connectivity index (χ4v) is 2.45. The quantitative estimate of drug-likeness (QED) is 0.863. The molecule has 0 fully saturated rings. The van der Waals surface area contributed by atoms with Crippen molar-refractivity contribution in [3.63, 3.8) is 0 Å². The maximum absolute atomic E-state index is 12.8. The molecular formula is C13H11F3N2O. The van der Waals surface area contributed by atoms with Crippen LogP contribution in [0.1, 0.15) is 16.8 Å². The summed E-state index contributed by atoms with van der Waals surface area (Å²) in [5.74, 6) is 0.345. The number of hydrogen-bond acceptors (Lipinski definition) is 2. The first-order chi connectivity index (χ1) is 9.00. The Morgan fingerprint density at radius 2 is 2.11 bits per heavy atom. The van der Waals surface area contributed by atoms with Gasteiger partial charge in [-0.25, -0.2) is 4.98 Å². The van der Waals surface area contributed by atoms with Crippen LogP contribution in [-0.2, 0) is 25.7 Å². The Kier molecular flexibility index (Phi) is 2.63. The summed E-state index contributed by atoms with van der Waals surface area (Å²) in [5.41, 5.74) is 1.69. The number of aryl methyl sites for hydroxylation is 1. The van der Waals surface area contributed by atoms with E-state index in [1.807, 2.05) is 6.07 Å². The van der Waals surface area contributed by atoms with Gasteiger partial charge in [-0.15, -0.1) is 0 Å². The number of imidazole rings is 1. The molecule has 1 aromatic heterocycles. The van der Waals surface area contributed by atoms with Crippen molar-refractivity contribution in [3.05, 3.63) is 41.2 Å². The van der Waals surface area contributed by atoms with E-state index in [4.69, 9.17) is 5.11 Å². The predicted octanol–water partition coefficient (Wildman–Crippen LogP) is 2.62. The van der Waals surface area contributed by atoms with Crippen molar-refractivity contribution >= 4 is 0 Å². The van der Waals surface area contributed by atoms with Gasteiger partial charge in [-0.1, -0.05) is 18.2 Å². The van der Waals surface area contributed by atoms with E-state index in [0.29, 0.717) is 17.8 Å². The minimum atomic E-state index is -4.38. The molecule has 1 aromatic carbocycles. The number of rotatable bonds is 1. The molecule has 3 rings (SSSR count). The molecule has 1 N–H and O–H groups in total. The predicted molar refractivity (Wildman–Crippen MR) is 62.3 cm³/mol. The summed E-state index contributed by atoms with van der Waals surface area (Å²) in [6.45, 7) is 0.182. The van der Waals surface area contributed by atoms with Crippen LogP contribution >= 0.6 is 0 Å². The minimum absolute atomic E-state index is 0.0739. The zero-order chi connectivity index (χ0) is 13.6. The molecule has 2 heterocycles. The van der Waals surface area contributed by atoms with Gasteiger partial charge in [0.25, 0.3) is 0 Å². The first-order valence-electron chi connectivity index (χ1n) is 5.86. The third-order valence-electron chi connectivity index (χ3n) is 3.34. The van der Waals surface area contributed by atoms with E-state index >= 15 is 0 Å². The Bertz CT molecular complexity index is 631. The molecule has 0 saturated heterocycles. The lowest BCUT2D eigenvalue weighted by molar-refractivity contribution is -0.143. The van der Waals surface area contributed by atoms with Gasteiger partial charge in [-0.2, -0.15) is 13.2 Å². The monoisotopic (exact) mass is 268 g/mol. The van der Waals surface area contributed by atoms with Gasteiger partial charge < -0.3 is 9.67 Å². The maximum Gasteiger partial charge on any atom is 0.433 e. The van der Waals surface area contributed by atoms with Crippen LogP contribution in [0.15, 0.2) is 24.4 Å². The van der Waals surface area contributed by atoms with Crippen molar-refractivity contribution in [2.75, 3.05) is 0 Å². The average molecular weight is 268 g/mol. The van der Waals surface area contributed by atoms with E-state index in [0.717, 1.165) is 17.3 Å². The van der Waals surface area contributed by atoms with Gasteiger partial charge in [0.1, 0.15) is 11.5 Å². The third kappa shape index (κ3) is 1.92. The van der Waals surface area contributed by atoms with Crippen molar-refractivity contribution < 1.29 is 18.3 Å². The molecule has 0 amide bonds. The molecule has 0 radical (unpaired) electrons. The van der Waals surface area contributed by atoms with E-state index < -0.39 is 11.9 Å². The lowest BCUT2D eigenvalue weighted by Gasteiger charge is -2.21. The molecule has 0 bridgehead atoms. The standard InChI is InChI=1S/C13H11F3N2O/c14-13(15,16)11-6-17-12-10-2-1-8(7-19)5-9(10)3-4-18(11)12/h1-2,5-6,19H,3-4,7H2. The zero-order valence-electron chi connectivity index (χ0n) is 9.91. The topological polar surface area (TPSA) is 38.0 Å². The normalized spacial score (nSPS) is 14.1. The summed E-state index contributed by atoms with van der Waals surface area (Å²) in [5, 5.41) is 9.08. The van der Waals surface area contributed by atoms with Gasteiger partial charge >= 0.3 is 6.18 Å². The molecule has 0 unspecified atom stereocenters. The van der Waals surface area contributed by atoms with E-state index in [-0.39, 0.29) is 13.2 Å². The Morgan fingerprint density at radius 1 is 1.32 bits per heavy atom. The second-order valence-electron chi connectivity index (χ2n) is 4.52. The van der Waals surface area contributed by atoms with E-state index in [2.05, 4.69) is 4.98 Å². The van der Waals surface area contributed by atoms with Crippen molar-refractivity contribution in [1.29, 1.82) is 0 Å². The first-order valence-corrected chi connectivity index (χ1v) is 5.86. The highest BCUT2D eigenvalue weighted by Crippen LogP contribution is 2.36. The molecule has 2 aromatic rings. The third-order valence-corrected chi connectivity index (χ3v) is 3.34. The first kappa shape index (κ1) is 12.2. The van der Waals surface area contributed by atoms with Crippen molar-refractivity contribution in [2.45, 2.75) is 25.7 Å². The highest BCUT2D eigenvalue weighted by atomic mass is 19.4. The Morgan fingerprint density at radius 3 is 2.79 bits per heavy atom.